The molecule has 2 rings (SSSR count). The molecular weight excluding hydrogens is 328 g/mol. The highest BCUT2D eigenvalue weighted by Gasteiger charge is 2.32. The average molecular weight is 363 g/mol. The summed E-state index contributed by atoms with van der Waals surface area (Å²) in [7, 11) is 0. The van der Waals surface area contributed by atoms with Gasteiger partial charge in [-0.2, -0.15) is 0 Å². The zero-order chi connectivity index (χ0) is 18.8. The molecule has 1 aromatic rings. The summed E-state index contributed by atoms with van der Waals surface area (Å²) in [5, 5.41) is 2.96. The second kappa shape index (κ2) is 10.5. The Bertz CT molecular complexity index is 533. The molecule has 1 aliphatic heterocycles. The second-order valence-electron chi connectivity index (χ2n) is 7.14. The van der Waals surface area contributed by atoms with Crippen molar-refractivity contribution in [3.05, 3.63) is 24.3 Å². The minimum atomic E-state index is -0.785. The summed E-state index contributed by atoms with van der Waals surface area (Å²) in [6.07, 6.45) is 5.55. The Hall–Kier alpha value is -1.59. The maximum Gasteiger partial charge on any atom is 0.256 e. The van der Waals surface area contributed by atoms with Gasteiger partial charge in [0.1, 0.15) is 18.0 Å². The number of hydrogen-bond donors (Lipinski definition) is 1. The van der Waals surface area contributed by atoms with Crippen LogP contribution < -0.4 is 10.1 Å². The molecule has 0 spiro atoms. The first-order valence-electron chi connectivity index (χ1n) is 9.98. The second-order valence-corrected chi connectivity index (χ2v) is 7.14. The number of amides is 1. The molecule has 146 valence electrons. The van der Waals surface area contributed by atoms with Crippen molar-refractivity contribution in [2.45, 2.75) is 58.5 Å². The topological polar surface area (TPSA) is 50.8 Å². The van der Waals surface area contributed by atoms with Crippen molar-refractivity contribution >= 4 is 11.6 Å². The Morgan fingerprint density at radius 3 is 2.46 bits per heavy atom. The Labute approximate surface area is 158 Å². The molecule has 0 aromatic heterocycles. The van der Waals surface area contributed by atoms with Crippen molar-refractivity contribution in [1.29, 1.82) is 0 Å². The molecule has 5 nitrogen and oxygen atoms in total. The lowest BCUT2D eigenvalue weighted by Crippen LogP contribution is -2.42. The van der Waals surface area contributed by atoms with E-state index in [1.54, 1.807) is 0 Å². The third-order valence-electron chi connectivity index (χ3n) is 4.91. The number of rotatable bonds is 10. The van der Waals surface area contributed by atoms with E-state index in [-0.39, 0.29) is 5.91 Å². The van der Waals surface area contributed by atoms with Crippen LogP contribution in [0, 0.1) is 0 Å². The Morgan fingerprint density at radius 1 is 1.15 bits per heavy atom. The third kappa shape index (κ3) is 6.29. The van der Waals surface area contributed by atoms with Crippen LogP contribution >= 0.6 is 0 Å². The minimum Gasteiger partial charge on any atom is -0.492 e. The molecule has 5 heteroatoms. The molecule has 1 aromatic carbocycles. The Balaban J connectivity index is 1.81. The molecule has 0 bridgehead atoms. The molecule has 26 heavy (non-hydrogen) atoms. The van der Waals surface area contributed by atoms with Crippen LogP contribution in [0.5, 0.6) is 5.75 Å². The number of nitrogens with zero attached hydrogens (tertiary/aromatic N) is 1. The van der Waals surface area contributed by atoms with Gasteiger partial charge in [-0.1, -0.05) is 19.8 Å². The quantitative estimate of drug-likeness (QED) is 0.681. The number of hydrogen-bond acceptors (Lipinski definition) is 4. The third-order valence-corrected chi connectivity index (χ3v) is 4.91. The lowest BCUT2D eigenvalue weighted by Gasteiger charge is -2.28. The van der Waals surface area contributed by atoms with Crippen molar-refractivity contribution in [3.63, 3.8) is 0 Å². The zero-order valence-electron chi connectivity index (χ0n) is 16.6. The van der Waals surface area contributed by atoms with E-state index < -0.39 is 5.60 Å². The van der Waals surface area contributed by atoms with Crippen LogP contribution in [0.25, 0.3) is 0 Å². The molecule has 1 atom stereocenters. The monoisotopic (exact) mass is 362 g/mol. The maximum atomic E-state index is 12.6. The number of likely N-dealkylation sites (tertiary alicyclic amines) is 1. The van der Waals surface area contributed by atoms with Gasteiger partial charge in [-0.05, 0) is 70.5 Å². The summed E-state index contributed by atoms with van der Waals surface area (Å²) in [4.78, 5) is 15.0. The number of anilines is 1. The van der Waals surface area contributed by atoms with Crippen molar-refractivity contribution in [2.75, 3.05) is 38.2 Å². The molecule has 1 aliphatic rings. The van der Waals surface area contributed by atoms with Crippen LogP contribution in [0.4, 0.5) is 5.69 Å². The summed E-state index contributed by atoms with van der Waals surface area (Å²) >= 11 is 0. The van der Waals surface area contributed by atoms with Crippen molar-refractivity contribution in [2.24, 2.45) is 0 Å². The van der Waals surface area contributed by atoms with Gasteiger partial charge in [0.25, 0.3) is 5.91 Å². The van der Waals surface area contributed by atoms with Crippen molar-refractivity contribution < 1.29 is 14.3 Å². The van der Waals surface area contributed by atoms with Gasteiger partial charge >= 0.3 is 0 Å². The number of ether oxygens (including phenoxy) is 2. The van der Waals surface area contributed by atoms with Gasteiger partial charge in [-0.25, -0.2) is 0 Å². The van der Waals surface area contributed by atoms with Crippen LogP contribution in [-0.2, 0) is 9.53 Å². The molecule has 1 amide bonds. The molecule has 0 saturated carbocycles. The van der Waals surface area contributed by atoms with E-state index in [0.717, 1.165) is 24.4 Å². The maximum absolute atomic E-state index is 12.6. The van der Waals surface area contributed by atoms with Crippen molar-refractivity contribution in [3.8, 4) is 5.75 Å². The molecule has 1 heterocycles. The largest absolute Gasteiger partial charge is 0.492 e. The predicted octanol–water partition coefficient (Wildman–Crippen LogP) is 4.09. The van der Waals surface area contributed by atoms with Gasteiger partial charge in [-0.15, -0.1) is 0 Å². The highest BCUT2D eigenvalue weighted by atomic mass is 16.5. The van der Waals surface area contributed by atoms with E-state index in [2.05, 4.69) is 17.1 Å². The Morgan fingerprint density at radius 2 is 1.85 bits per heavy atom. The summed E-state index contributed by atoms with van der Waals surface area (Å²) < 4.78 is 11.5. The van der Waals surface area contributed by atoms with Crippen LogP contribution in [0.15, 0.2) is 24.3 Å². The van der Waals surface area contributed by atoms with Gasteiger partial charge in [-0.3, -0.25) is 9.69 Å². The summed E-state index contributed by atoms with van der Waals surface area (Å²) in [5.41, 5.74) is -0.0203. The minimum absolute atomic E-state index is 0.0973. The molecule has 1 unspecified atom stereocenters. The molecule has 0 radical (unpaired) electrons. The van der Waals surface area contributed by atoms with Crippen LogP contribution in [0.1, 0.15) is 52.9 Å². The lowest BCUT2D eigenvalue weighted by atomic mass is 9.99. The van der Waals surface area contributed by atoms with Gasteiger partial charge in [0.15, 0.2) is 0 Å². The van der Waals surface area contributed by atoms with Gasteiger partial charge in [0.2, 0.25) is 0 Å². The number of benzene rings is 1. The summed E-state index contributed by atoms with van der Waals surface area (Å²) in [6, 6.07) is 7.58. The zero-order valence-corrected chi connectivity index (χ0v) is 16.6. The first-order valence-corrected chi connectivity index (χ1v) is 9.98. The molecule has 1 N–H and O–H groups in total. The smallest absolute Gasteiger partial charge is 0.256 e. The highest BCUT2D eigenvalue weighted by Crippen LogP contribution is 2.22. The van der Waals surface area contributed by atoms with E-state index in [4.69, 9.17) is 9.47 Å². The average Bonchev–Trinajstić information content (AvgIpc) is 2.64. The Kier molecular flexibility index (Phi) is 8.39. The number of carbonyl (C=O) groups is 1. The van der Waals surface area contributed by atoms with E-state index in [1.165, 1.54) is 32.4 Å². The van der Waals surface area contributed by atoms with E-state index in [1.807, 2.05) is 38.1 Å². The number of nitrogens with one attached hydrogen (secondary N) is 1. The highest BCUT2D eigenvalue weighted by molar-refractivity contribution is 5.97. The molecular formula is C21H34N2O3. The number of piperidine rings is 1. The molecule has 1 saturated heterocycles. The van der Waals surface area contributed by atoms with Crippen LogP contribution in [0.3, 0.4) is 0 Å². The van der Waals surface area contributed by atoms with Gasteiger partial charge in [0, 0.05) is 18.8 Å². The van der Waals surface area contributed by atoms with Crippen LogP contribution in [-0.4, -0.2) is 49.3 Å². The first kappa shape index (κ1) is 20.7. The predicted molar refractivity (Wildman–Crippen MR) is 106 cm³/mol. The molecule has 0 aliphatic carbocycles. The fourth-order valence-corrected chi connectivity index (χ4v) is 3.42. The normalized spacial score (nSPS) is 17.5. The lowest BCUT2D eigenvalue weighted by molar-refractivity contribution is -0.139. The van der Waals surface area contributed by atoms with Crippen molar-refractivity contribution in [1.82, 2.24) is 4.90 Å². The van der Waals surface area contributed by atoms with Gasteiger partial charge < -0.3 is 14.8 Å². The SMILES string of the molecule is CCCC(C)(OCC)C(=O)Nc1ccc(OCCN2CCCCC2)cc1. The van der Waals surface area contributed by atoms with Crippen LogP contribution in [0.2, 0.25) is 0 Å². The standard InChI is InChI=1S/C21H34N2O3/c1-4-13-21(3,26-5-2)20(24)22-18-9-11-19(12-10-18)25-17-16-23-14-7-6-8-15-23/h9-12H,4-8,13-17H2,1-3H3,(H,22,24). The first-order chi connectivity index (χ1) is 12.6. The fraction of sp³-hybridized carbons (Fsp3) is 0.667. The summed E-state index contributed by atoms with van der Waals surface area (Å²) in [5.74, 6) is 0.737. The van der Waals surface area contributed by atoms with E-state index >= 15 is 0 Å². The van der Waals surface area contributed by atoms with Gasteiger partial charge in [0.05, 0.1) is 0 Å². The fourth-order valence-electron chi connectivity index (χ4n) is 3.42. The molecule has 1 fully saturated rings. The van der Waals surface area contributed by atoms with E-state index in [0.29, 0.717) is 19.6 Å². The van der Waals surface area contributed by atoms with E-state index in [9.17, 15) is 4.79 Å². The summed E-state index contributed by atoms with van der Waals surface area (Å²) in [6.45, 7) is 10.4. The number of carbonyl (C=O) groups excluding carboxylic acids is 1.